The molecule has 6 aromatic carbocycles. The zero-order valence-electron chi connectivity index (χ0n) is 17.1. The zero-order chi connectivity index (χ0) is 21.2. The van der Waals surface area contributed by atoms with E-state index in [0.29, 0.717) is 0 Å². The van der Waals surface area contributed by atoms with E-state index in [9.17, 15) is 0 Å². The second kappa shape index (κ2) is 6.69. The van der Waals surface area contributed by atoms with Crippen LogP contribution in [0.1, 0.15) is 0 Å². The quantitative estimate of drug-likeness (QED) is 0.217. The molecule has 0 aliphatic heterocycles. The van der Waals surface area contributed by atoms with Crippen LogP contribution in [0, 0.1) is 0 Å². The van der Waals surface area contributed by atoms with Crippen LogP contribution in [0.4, 0.5) is 0 Å². The first-order valence-corrected chi connectivity index (χ1v) is 11.5. The van der Waals surface area contributed by atoms with Crippen LogP contribution in [0.5, 0.6) is 0 Å². The monoisotopic (exact) mass is 472 g/mol. The number of fused-ring (bicyclic) bond motifs is 7. The van der Waals surface area contributed by atoms with E-state index in [1.54, 1.807) is 0 Å². The van der Waals surface area contributed by atoms with Gasteiger partial charge in [0.25, 0.3) is 0 Å². The minimum Gasteiger partial charge on any atom is -0.455 e. The number of benzene rings is 6. The van der Waals surface area contributed by atoms with Crippen molar-refractivity contribution in [3.63, 3.8) is 0 Å². The minimum absolute atomic E-state index is 0.922. The van der Waals surface area contributed by atoms with Crippen LogP contribution < -0.4 is 0 Å². The number of furan rings is 1. The summed E-state index contributed by atoms with van der Waals surface area (Å²) in [6, 6.07) is 36.5. The number of para-hydroxylation sites is 1. The summed E-state index contributed by atoms with van der Waals surface area (Å²) in [4.78, 5) is 0. The molecule has 0 spiro atoms. The Morgan fingerprint density at radius 2 is 1.06 bits per heavy atom. The van der Waals surface area contributed by atoms with E-state index in [2.05, 4.69) is 113 Å². The number of hydrogen-bond acceptors (Lipinski definition) is 1. The first-order chi connectivity index (χ1) is 15.8. The van der Waals surface area contributed by atoms with Crippen molar-refractivity contribution < 1.29 is 4.42 Å². The lowest BCUT2D eigenvalue weighted by Crippen LogP contribution is -1.89. The van der Waals surface area contributed by atoms with Crippen LogP contribution in [0.3, 0.4) is 0 Å². The lowest BCUT2D eigenvalue weighted by molar-refractivity contribution is 0.673. The normalized spacial score (nSPS) is 11.9. The molecule has 0 radical (unpaired) electrons. The Morgan fingerprint density at radius 3 is 1.75 bits per heavy atom. The summed E-state index contributed by atoms with van der Waals surface area (Å²) in [5, 5.41) is 9.57. The number of hydrogen-bond donors (Lipinski definition) is 0. The van der Waals surface area contributed by atoms with Crippen molar-refractivity contribution in [2.24, 2.45) is 0 Å². The lowest BCUT2D eigenvalue weighted by Gasteiger charge is -2.16. The van der Waals surface area contributed by atoms with E-state index >= 15 is 0 Å². The molecule has 1 aromatic heterocycles. The molecule has 2 heteroatoms. The third-order valence-electron chi connectivity index (χ3n) is 6.51. The fourth-order valence-electron chi connectivity index (χ4n) is 5.12. The molecule has 7 rings (SSSR count). The van der Waals surface area contributed by atoms with Crippen molar-refractivity contribution in [1.29, 1.82) is 0 Å². The third-order valence-corrected chi connectivity index (χ3v) is 7.36. The molecule has 0 aliphatic rings. The van der Waals surface area contributed by atoms with E-state index in [-0.39, 0.29) is 0 Å². The van der Waals surface area contributed by atoms with Crippen molar-refractivity contribution >= 4 is 70.2 Å². The van der Waals surface area contributed by atoms with Gasteiger partial charge in [-0.15, -0.1) is 0 Å². The van der Waals surface area contributed by atoms with Crippen molar-refractivity contribution in [3.8, 4) is 11.1 Å². The highest BCUT2D eigenvalue weighted by atomic mass is 79.9. The molecular weight excluding hydrogens is 456 g/mol. The molecule has 1 heterocycles. The summed E-state index contributed by atoms with van der Waals surface area (Å²) in [7, 11) is 0. The van der Waals surface area contributed by atoms with Gasteiger partial charge >= 0.3 is 0 Å². The summed E-state index contributed by atoms with van der Waals surface area (Å²) in [6.07, 6.45) is 0. The first-order valence-electron chi connectivity index (χ1n) is 10.7. The van der Waals surface area contributed by atoms with E-state index < -0.39 is 0 Å². The number of halogens is 1. The fourth-order valence-corrected chi connectivity index (χ4v) is 5.81. The lowest BCUT2D eigenvalue weighted by atomic mass is 9.88. The Kier molecular flexibility index (Phi) is 3.76. The molecular formula is C30H17BrO. The Labute approximate surface area is 193 Å². The molecule has 0 atom stereocenters. The van der Waals surface area contributed by atoms with E-state index in [4.69, 9.17) is 4.42 Å². The van der Waals surface area contributed by atoms with E-state index in [1.807, 2.05) is 6.07 Å². The molecule has 0 aliphatic carbocycles. The first kappa shape index (κ1) is 18.0. The maximum absolute atomic E-state index is 6.47. The largest absolute Gasteiger partial charge is 0.455 e. The van der Waals surface area contributed by atoms with Gasteiger partial charge in [0.2, 0.25) is 0 Å². The van der Waals surface area contributed by atoms with Gasteiger partial charge in [-0.05, 0) is 66.1 Å². The highest BCUT2D eigenvalue weighted by Gasteiger charge is 2.20. The van der Waals surface area contributed by atoms with Crippen LogP contribution >= 0.6 is 15.9 Å². The Hall–Kier alpha value is -3.62. The van der Waals surface area contributed by atoms with E-state index in [1.165, 1.54) is 43.4 Å². The van der Waals surface area contributed by atoms with Crippen molar-refractivity contribution in [3.05, 3.63) is 108 Å². The molecule has 1 nitrogen and oxygen atoms in total. The molecule has 0 saturated carbocycles. The Morgan fingerprint density at radius 1 is 0.531 bits per heavy atom. The van der Waals surface area contributed by atoms with Gasteiger partial charge in [0.15, 0.2) is 0 Å². The van der Waals surface area contributed by atoms with Crippen LogP contribution in [0.15, 0.2) is 112 Å². The van der Waals surface area contributed by atoms with Crippen LogP contribution in [0.2, 0.25) is 0 Å². The van der Waals surface area contributed by atoms with Crippen molar-refractivity contribution in [2.45, 2.75) is 0 Å². The Bertz CT molecular complexity index is 1780. The smallest absolute Gasteiger partial charge is 0.143 e. The second-order valence-electron chi connectivity index (χ2n) is 8.23. The molecule has 150 valence electrons. The molecule has 0 N–H and O–H groups in total. The zero-order valence-corrected chi connectivity index (χ0v) is 18.7. The topological polar surface area (TPSA) is 13.1 Å². The van der Waals surface area contributed by atoms with Crippen LogP contribution in [0.25, 0.3) is 65.4 Å². The molecule has 0 saturated heterocycles. The summed E-state index contributed by atoms with van der Waals surface area (Å²) < 4.78 is 7.61. The van der Waals surface area contributed by atoms with Crippen molar-refractivity contribution in [2.75, 3.05) is 0 Å². The average molecular weight is 473 g/mol. The molecule has 7 aromatic rings. The Balaban J connectivity index is 1.80. The van der Waals surface area contributed by atoms with Gasteiger partial charge < -0.3 is 4.42 Å². The molecule has 0 amide bonds. The highest BCUT2D eigenvalue weighted by Crippen LogP contribution is 2.47. The minimum atomic E-state index is 0.922. The summed E-state index contributed by atoms with van der Waals surface area (Å²) in [5.74, 6) is 0. The van der Waals surface area contributed by atoms with Crippen LogP contribution in [-0.2, 0) is 0 Å². The van der Waals surface area contributed by atoms with Gasteiger partial charge in [0.05, 0.1) is 0 Å². The summed E-state index contributed by atoms with van der Waals surface area (Å²) in [5.41, 5.74) is 4.34. The SMILES string of the molecule is Brc1c2ccccc2c(-c2cc3ccccc3c3oc4ccccc4c23)c2ccccc12. The van der Waals surface area contributed by atoms with Crippen molar-refractivity contribution in [1.82, 2.24) is 0 Å². The maximum Gasteiger partial charge on any atom is 0.143 e. The molecule has 0 fully saturated rings. The van der Waals surface area contributed by atoms with Crippen LogP contribution in [-0.4, -0.2) is 0 Å². The third kappa shape index (κ3) is 2.39. The molecule has 32 heavy (non-hydrogen) atoms. The average Bonchev–Trinajstić information content (AvgIpc) is 3.24. The summed E-state index contributed by atoms with van der Waals surface area (Å²) >= 11 is 3.89. The predicted molar refractivity (Wildman–Crippen MR) is 139 cm³/mol. The standard InChI is InChI=1S/C30H17BrO/c31-29-22-13-5-3-11-20(22)27(21-12-4-6-14-23(21)29)25-17-18-9-1-2-10-19(18)30-28(25)24-15-7-8-16-26(24)32-30/h1-17H. The van der Waals surface area contributed by atoms with Gasteiger partial charge in [-0.25, -0.2) is 0 Å². The highest BCUT2D eigenvalue weighted by molar-refractivity contribution is 9.10. The van der Waals surface area contributed by atoms with E-state index in [0.717, 1.165) is 26.4 Å². The van der Waals surface area contributed by atoms with Gasteiger partial charge in [-0.3, -0.25) is 0 Å². The van der Waals surface area contributed by atoms with Gasteiger partial charge in [0, 0.05) is 20.6 Å². The van der Waals surface area contributed by atoms with Gasteiger partial charge in [-0.1, -0.05) is 91.0 Å². The number of rotatable bonds is 1. The second-order valence-corrected chi connectivity index (χ2v) is 9.02. The van der Waals surface area contributed by atoms with Gasteiger partial charge in [0.1, 0.15) is 11.2 Å². The fraction of sp³-hybridized carbons (Fsp3) is 0. The molecule has 0 bridgehead atoms. The predicted octanol–water partition coefficient (Wildman–Crippen LogP) is 9.48. The molecule has 0 unspecified atom stereocenters. The summed E-state index contributed by atoms with van der Waals surface area (Å²) in [6.45, 7) is 0. The van der Waals surface area contributed by atoms with Gasteiger partial charge in [-0.2, -0.15) is 0 Å². The maximum atomic E-state index is 6.47.